The summed E-state index contributed by atoms with van der Waals surface area (Å²) in [5, 5.41) is 26.3. The van der Waals surface area contributed by atoms with Crippen molar-refractivity contribution in [2.24, 2.45) is 69.1 Å². The first kappa shape index (κ1) is 37.6. The van der Waals surface area contributed by atoms with Gasteiger partial charge in [-0.2, -0.15) is 0 Å². The maximum atomic E-state index is 14.3. The Hall–Kier alpha value is -1.26. The summed E-state index contributed by atoms with van der Waals surface area (Å²) < 4.78 is 6.20. The number of nitrogens with one attached hydrogen (secondary N) is 1. The Kier molecular flexibility index (Phi) is 12.3. The summed E-state index contributed by atoms with van der Waals surface area (Å²) in [4.78, 5) is 29.1. The van der Waals surface area contributed by atoms with Gasteiger partial charge in [0.25, 0.3) is 0 Å². The quantitative estimate of drug-likeness (QED) is 0.178. The minimum Gasteiger partial charge on any atom is -0.462 e. The van der Waals surface area contributed by atoms with Crippen LogP contribution in [-0.4, -0.2) is 84.6 Å². The van der Waals surface area contributed by atoms with Crippen LogP contribution in [-0.2, 0) is 14.3 Å². The molecule has 1 amide bonds. The number of aliphatic hydroxyl groups excluding tert-OH is 2. The van der Waals surface area contributed by atoms with Crippen LogP contribution in [0.15, 0.2) is 0 Å². The zero-order valence-electron chi connectivity index (χ0n) is 30.1. The van der Waals surface area contributed by atoms with E-state index in [9.17, 15) is 19.8 Å². The van der Waals surface area contributed by atoms with E-state index in [1.807, 2.05) is 0 Å². The molecule has 0 aromatic carbocycles. The van der Waals surface area contributed by atoms with Gasteiger partial charge in [-0.1, -0.05) is 54.4 Å². The molecule has 4 aliphatic carbocycles. The minimum atomic E-state index is -0.502. The van der Waals surface area contributed by atoms with Crippen molar-refractivity contribution in [3.63, 3.8) is 0 Å². The first-order chi connectivity index (χ1) is 21.6. The number of esters is 1. The molecule has 0 aliphatic heterocycles. The van der Waals surface area contributed by atoms with Gasteiger partial charge in [0.1, 0.15) is 6.10 Å². The van der Waals surface area contributed by atoms with E-state index >= 15 is 0 Å². The lowest BCUT2D eigenvalue weighted by Crippen LogP contribution is -2.66. The average Bonchev–Trinajstić information content (AvgIpc) is 3.24. The van der Waals surface area contributed by atoms with Crippen LogP contribution in [0.1, 0.15) is 106 Å². The van der Waals surface area contributed by atoms with E-state index < -0.39 is 6.10 Å². The Balaban J connectivity index is 1.67. The van der Waals surface area contributed by atoms with Crippen LogP contribution in [0.2, 0.25) is 0 Å². The Morgan fingerprint density at radius 2 is 1.63 bits per heavy atom. The molecule has 12 atom stereocenters. The van der Waals surface area contributed by atoms with E-state index in [4.69, 9.17) is 16.2 Å². The molecule has 9 nitrogen and oxygen atoms in total. The molecule has 4 aliphatic rings. The number of aliphatic hydroxyl groups is 2. The lowest BCUT2D eigenvalue weighted by atomic mass is 9.36. The predicted molar refractivity (Wildman–Crippen MR) is 182 cm³/mol. The molecule has 0 radical (unpaired) electrons. The van der Waals surface area contributed by atoms with E-state index in [1.165, 1.54) is 6.92 Å². The molecule has 7 N–H and O–H groups in total. The van der Waals surface area contributed by atoms with E-state index in [2.05, 4.69) is 51.8 Å². The molecule has 0 bridgehead atoms. The zero-order chi connectivity index (χ0) is 34.0. The largest absolute Gasteiger partial charge is 0.462 e. The van der Waals surface area contributed by atoms with Gasteiger partial charge in [0.15, 0.2) is 0 Å². The van der Waals surface area contributed by atoms with Crippen LogP contribution in [0.25, 0.3) is 0 Å². The topological polar surface area (TPSA) is 151 Å². The fraction of sp³-hybridized carbons (Fsp3) is 0.946. The second-order valence-electron chi connectivity index (χ2n) is 16.9. The molecule has 0 spiro atoms. The molecule has 0 heterocycles. The molecule has 9 heteroatoms. The van der Waals surface area contributed by atoms with Gasteiger partial charge in [-0.15, -0.1) is 0 Å². The van der Waals surface area contributed by atoms with Crippen LogP contribution in [0.3, 0.4) is 0 Å². The number of nitrogens with zero attached hydrogens (tertiary/aromatic N) is 1. The number of carbonyl (C=O) groups is 2. The number of hydrogen-bond donors (Lipinski definition) is 5. The minimum absolute atomic E-state index is 0.0307. The third kappa shape index (κ3) is 7.05. The monoisotopic (exact) mass is 649 g/mol. The van der Waals surface area contributed by atoms with Gasteiger partial charge in [0.05, 0.1) is 12.2 Å². The maximum Gasteiger partial charge on any atom is 0.302 e. The van der Waals surface area contributed by atoms with Gasteiger partial charge >= 0.3 is 5.97 Å². The highest BCUT2D eigenvalue weighted by Gasteiger charge is 2.72. The van der Waals surface area contributed by atoms with Crippen molar-refractivity contribution in [1.82, 2.24) is 10.2 Å². The molecular weight excluding hydrogens is 580 g/mol. The summed E-state index contributed by atoms with van der Waals surface area (Å²) >= 11 is 0. The fourth-order valence-electron chi connectivity index (χ4n) is 11.7. The van der Waals surface area contributed by atoms with E-state index in [0.717, 1.165) is 64.5 Å². The van der Waals surface area contributed by atoms with Crippen LogP contribution in [0.5, 0.6) is 0 Å². The Morgan fingerprint density at radius 1 is 0.957 bits per heavy atom. The van der Waals surface area contributed by atoms with Crippen molar-refractivity contribution in [2.45, 2.75) is 125 Å². The molecule has 0 unspecified atom stereocenters. The van der Waals surface area contributed by atoms with E-state index in [-0.39, 0.29) is 69.9 Å². The Morgan fingerprint density at radius 3 is 2.24 bits per heavy atom. The summed E-state index contributed by atoms with van der Waals surface area (Å²) in [5.41, 5.74) is 11.2. The summed E-state index contributed by atoms with van der Waals surface area (Å²) in [7, 11) is 0. The van der Waals surface area contributed by atoms with Gasteiger partial charge in [-0.05, 0) is 90.8 Å². The van der Waals surface area contributed by atoms with Gasteiger partial charge in [-0.3, -0.25) is 14.5 Å². The Labute approximate surface area is 279 Å². The number of ether oxygens (including phenoxy) is 1. The second-order valence-corrected chi connectivity index (χ2v) is 16.9. The van der Waals surface area contributed by atoms with Crippen molar-refractivity contribution in [3.05, 3.63) is 0 Å². The van der Waals surface area contributed by atoms with Gasteiger partial charge < -0.3 is 31.7 Å². The fourth-order valence-corrected chi connectivity index (χ4v) is 11.7. The summed E-state index contributed by atoms with van der Waals surface area (Å²) in [6, 6.07) is 0. The number of hydrogen-bond acceptors (Lipinski definition) is 8. The maximum absolute atomic E-state index is 14.3. The normalized spacial score (nSPS) is 41.1. The number of carbonyl (C=O) groups excluding carboxylic acids is 2. The van der Waals surface area contributed by atoms with Crippen LogP contribution < -0.4 is 16.8 Å². The van der Waals surface area contributed by atoms with Crippen LogP contribution >= 0.6 is 0 Å². The SMILES string of the molecule is CC(=O)O[C@H]1C[C@@]2(C)[C@@H](C[C@@H](O)[C@H]3[C@@]4(C)CC[C@@H](O)[C@@H](C)[C@@H]4CC[C@@]32C)[C@@H]1[C@H](CCCC(C)C)C(=O)NCCN(CCN)CCN. The molecule has 0 saturated heterocycles. The van der Waals surface area contributed by atoms with Crippen molar-refractivity contribution in [2.75, 3.05) is 39.3 Å². The van der Waals surface area contributed by atoms with Crippen molar-refractivity contribution >= 4 is 11.9 Å². The third-order valence-corrected chi connectivity index (χ3v) is 14.0. The van der Waals surface area contributed by atoms with Gasteiger partial charge in [0.2, 0.25) is 5.91 Å². The summed E-state index contributed by atoms with van der Waals surface area (Å²) in [5.74, 6) is 0.535. The number of nitrogens with two attached hydrogens (primary N) is 2. The molecule has 0 aromatic rings. The highest BCUT2D eigenvalue weighted by Crippen LogP contribution is 2.74. The van der Waals surface area contributed by atoms with Gasteiger partial charge in [0, 0.05) is 58.0 Å². The van der Waals surface area contributed by atoms with Crippen molar-refractivity contribution in [3.8, 4) is 0 Å². The molecule has 4 saturated carbocycles. The van der Waals surface area contributed by atoms with E-state index in [1.54, 1.807) is 0 Å². The summed E-state index contributed by atoms with van der Waals surface area (Å²) in [6.07, 6.45) is 6.58. The standard InChI is InChI=1S/C37H68N4O5/c1-23(2)9-8-10-26(34(45)40-17-20-41(18-15-38)19-16-39)32-28-21-30(44)33-35(5)13-12-29(43)24(3)27(35)11-14-36(33,6)37(28,7)22-31(32)46-25(4)42/h23-24,26-33,43-44H,8-22,38-39H2,1-7H3,(H,40,45)/t24-,26-,27-,28-,29+,30+,31-,32-,33-,35-,36-,37-/m0/s1. The van der Waals surface area contributed by atoms with Gasteiger partial charge in [-0.25, -0.2) is 0 Å². The van der Waals surface area contributed by atoms with E-state index in [0.29, 0.717) is 44.4 Å². The molecule has 0 aromatic heterocycles. The predicted octanol–water partition coefficient (Wildman–Crippen LogP) is 3.93. The number of fused-ring (bicyclic) bond motifs is 5. The summed E-state index contributed by atoms with van der Waals surface area (Å²) in [6.45, 7) is 19.0. The number of rotatable bonds is 14. The molecule has 266 valence electrons. The van der Waals surface area contributed by atoms with Crippen molar-refractivity contribution in [1.29, 1.82) is 0 Å². The van der Waals surface area contributed by atoms with Crippen LogP contribution in [0.4, 0.5) is 0 Å². The van der Waals surface area contributed by atoms with Crippen LogP contribution in [0, 0.1) is 57.7 Å². The Bertz CT molecular complexity index is 1040. The smallest absolute Gasteiger partial charge is 0.302 e. The molecule has 4 fully saturated rings. The molecule has 46 heavy (non-hydrogen) atoms. The lowest BCUT2D eigenvalue weighted by molar-refractivity contribution is -0.239. The highest BCUT2D eigenvalue weighted by atomic mass is 16.5. The average molecular weight is 649 g/mol. The lowest BCUT2D eigenvalue weighted by Gasteiger charge is -2.69. The third-order valence-electron chi connectivity index (χ3n) is 14.0. The second kappa shape index (κ2) is 15.1. The first-order valence-electron chi connectivity index (χ1n) is 18.6. The first-order valence-corrected chi connectivity index (χ1v) is 18.6. The molecular formula is C37H68N4O5. The zero-order valence-corrected chi connectivity index (χ0v) is 30.1. The number of amides is 1. The van der Waals surface area contributed by atoms with Crippen molar-refractivity contribution < 1.29 is 24.5 Å². The molecule has 4 rings (SSSR count). The highest BCUT2D eigenvalue weighted by molar-refractivity contribution is 5.79.